The summed E-state index contributed by atoms with van der Waals surface area (Å²) in [6.07, 6.45) is 5.92. The van der Waals surface area contributed by atoms with Crippen molar-refractivity contribution in [1.29, 1.82) is 0 Å². The Morgan fingerprint density at radius 1 is 1.26 bits per heavy atom. The number of aromatic hydroxyl groups is 1. The van der Waals surface area contributed by atoms with Crippen molar-refractivity contribution < 1.29 is 19.8 Å². The van der Waals surface area contributed by atoms with Crippen LogP contribution in [-0.2, 0) is 9.59 Å². The third-order valence-electron chi connectivity index (χ3n) is 5.70. The van der Waals surface area contributed by atoms with Gasteiger partial charge in [0.05, 0.1) is 29.2 Å². The lowest BCUT2D eigenvalue weighted by molar-refractivity contribution is -0.143. The minimum atomic E-state index is -0.794. The first-order chi connectivity index (χ1) is 15.0. The molecule has 2 heterocycles. The first kappa shape index (κ1) is 20.5. The molecule has 31 heavy (non-hydrogen) atoms. The SMILES string of the molecule is CC1=NN(c2cccnc2)C(=O)C1=NNc1cccc(C2CCCC(C(=O)O)C2)c1O. The number of pyridine rings is 1. The van der Waals surface area contributed by atoms with E-state index in [1.165, 1.54) is 11.2 Å². The van der Waals surface area contributed by atoms with Crippen molar-refractivity contribution in [1.82, 2.24) is 4.98 Å². The standard InChI is InChI=1S/C22H23N5O4/c1-13-19(21(29)27(26-13)16-7-4-10-23-12-16)25-24-18-9-3-8-17(20(18)28)14-5-2-6-15(11-14)22(30)31/h3-4,7-10,12,14-15,24,28H,2,5-6,11H2,1H3,(H,30,31). The fourth-order valence-electron chi connectivity index (χ4n) is 4.07. The molecule has 3 N–H and O–H groups in total. The average Bonchev–Trinajstić information content (AvgIpc) is 3.07. The Bertz CT molecular complexity index is 1070. The van der Waals surface area contributed by atoms with Gasteiger partial charge in [-0.3, -0.25) is 20.0 Å². The zero-order valence-electron chi connectivity index (χ0n) is 17.0. The predicted molar refractivity (Wildman–Crippen MR) is 116 cm³/mol. The van der Waals surface area contributed by atoms with Crippen LogP contribution in [-0.4, -0.2) is 38.5 Å². The van der Waals surface area contributed by atoms with Crippen LogP contribution in [0, 0.1) is 5.92 Å². The molecule has 1 aromatic carbocycles. The number of hydrogen-bond donors (Lipinski definition) is 3. The zero-order valence-corrected chi connectivity index (χ0v) is 17.0. The van der Waals surface area contributed by atoms with Gasteiger partial charge in [-0.2, -0.15) is 15.2 Å². The van der Waals surface area contributed by atoms with E-state index in [1.54, 1.807) is 43.5 Å². The Kier molecular flexibility index (Phi) is 5.66. The lowest BCUT2D eigenvalue weighted by Gasteiger charge is -2.27. The number of para-hydroxylation sites is 1. The van der Waals surface area contributed by atoms with Crippen LogP contribution in [0.5, 0.6) is 5.75 Å². The normalized spacial score (nSPS) is 22.5. The van der Waals surface area contributed by atoms with Crippen molar-refractivity contribution in [3.8, 4) is 5.75 Å². The maximum atomic E-state index is 12.7. The highest BCUT2D eigenvalue weighted by molar-refractivity contribution is 6.71. The van der Waals surface area contributed by atoms with Gasteiger partial charge in [-0.25, -0.2) is 0 Å². The molecule has 9 nitrogen and oxygen atoms in total. The minimum absolute atomic E-state index is 0.0204. The van der Waals surface area contributed by atoms with Gasteiger partial charge in [0.25, 0.3) is 0 Å². The molecule has 2 aromatic rings. The van der Waals surface area contributed by atoms with Crippen molar-refractivity contribution >= 4 is 34.7 Å². The van der Waals surface area contributed by atoms with Crippen molar-refractivity contribution in [3.63, 3.8) is 0 Å². The Labute approximate surface area is 179 Å². The molecule has 0 radical (unpaired) electrons. The molecule has 1 amide bonds. The van der Waals surface area contributed by atoms with Gasteiger partial charge in [-0.1, -0.05) is 18.6 Å². The lowest BCUT2D eigenvalue weighted by Crippen LogP contribution is -2.28. The second-order valence-corrected chi connectivity index (χ2v) is 7.73. The number of carboxylic acids is 1. The zero-order chi connectivity index (χ0) is 22.0. The number of hydrogen-bond acceptors (Lipinski definition) is 7. The van der Waals surface area contributed by atoms with E-state index in [2.05, 4.69) is 20.6 Å². The number of hydrazone groups is 2. The third-order valence-corrected chi connectivity index (χ3v) is 5.70. The van der Waals surface area contributed by atoms with Crippen LogP contribution < -0.4 is 10.4 Å². The summed E-state index contributed by atoms with van der Waals surface area (Å²) >= 11 is 0. The number of nitrogens with zero attached hydrogens (tertiary/aromatic N) is 4. The van der Waals surface area contributed by atoms with Crippen LogP contribution in [0.2, 0.25) is 0 Å². The highest BCUT2D eigenvalue weighted by Gasteiger charge is 2.32. The summed E-state index contributed by atoms with van der Waals surface area (Å²) in [5.41, 5.74) is 4.93. The fraction of sp³-hybridized carbons (Fsp3) is 0.318. The molecule has 4 rings (SSSR count). The molecule has 2 unspecified atom stereocenters. The number of phenols is 1. The number of anilines is 2. The average molecular weight is 421 g/mol. The first-order valence-corrected chi connectivity index (χ1v) is 10.1. The van der Waals surface area contributed by atoms with E-state index >= 15 is 0 Å². The fourth-order valence-corrected chi connectivity index (χ4v) is 4.07. The van der Waals surface area contributed by atoms with Crippen LogP contribution in [0.4, 0.5) is 11.4 Å². The number of carboxylic acid groups (broad SMARTS) is 1. The maximum Gasteiger partial charge on any atom is 0.306 e. The van der Waals surface area contributed by atoms with E-state index in [0.717, 1.165) is 12.8 Å². The lowest BCUT2D eigenvalue weighted by atomic mass is 9.77. The van der Waals surface area contributed by atoms with Crippen molar-refractivity contribution in [2.75, 3.05) is 10.4 Å². The summed E-state index contributed by atoms with van der Waals surface area (Å²) in [4.78, 5) is 28.1. The van der Waals surface area contributed by atoms with Crippen molar-refractivity contribution in [2.45, 2.75) is 38.5 Å². The quantitative estimate of drug-likeness (QED) is 0.502. The second-order valence-electron chi connectivity index (χ2n) is 7.73. The number of benzene rings is 1. The third kappa shape index (κ3) is 4.11. The van der Waals surface area contributed by atoms with E-state index in [9.17, 15) is 19.8 Å². The van der Waals surface area contributed by atoms with Gasteiger partial charge in [0.2, 0.25) is 0 Å². The summed E-state index contributed by atoms with van der Waals surface area (Å²) < 4.78 is 0. The summed E-state index contributed by atoms with van der Waals surface area (Å²) in [6, 6.07) is 8.68. The van der Waals surface area contributed by atoms with Gasteiger partial charge < -0.3 is 10.2 Å². The molecule has 2 atom stereocenters. The molecular weight excluding hydrogens is 398 g/mol. The van der Waals surface area contributed by atoms with Crippen LogP contribution in [0.15, 0.2) is 52.9 Å². The van der Waals surface area contributed by atoms with Gasteiger partial charge in [-0.15, -0.1) is 0 Å². The molecule has 1 aliphatic heterocycles. The molecule has 2 aliphatic rings. The van der Waals surface area contributed by atoms with Crippen LogP contribution in [0.1, 0.15) is 44.1 Å². The molecule has 160 valence electrons. The molecule has 1 fully saturated rings. The number of rotatable bonds is 5. The Morgan fingerprint density at radius 2 is 2.10 bits per heavy atom. The monoisotopic (exact) mass is 421 g/mol. The van der Waals surface area contributed by atoms with E-state index < -0.39 is 17.8 Å². The molecule has 9 heteroatoms. The molecule has 0 saturated heterocycles. The molecular formula is C22H23N5O4. The molecule has 0 bridgehead atoms. The van der Waals surface area contributed by atoms with Gasteiger partial charge in [0.15, 0.2) is 5.71 Å². The molecule has 1 aromatic heterocycles. The largest absolute Gasteiger partial charge is 0.505 e. The number of aromatic nitrogens is 1. The summed E-state index contributed by atoms with van der Waals surface area (Å²) in [5.74, 6) is -1.61. The first-order valence-electron chi connectivity index (χ1n) is 10.1. The second kappa shape index (κ2) is 8.55. The van der Waals surface area contributed by atoms with E-state index in [0.29, 0.717) is 35.5 Å². The highest BCUT2D eigenvalue weighted by atomic mass is 16.4. The number of aliphatic carboxylic acids is 1. The van der Waals surface area contributed by atoms with Gasteiger partial charge in [0, 0.05) is 6.20 Å². The highest BCUT2D eigenvalue weighted by Crippen LogP contribution is 2.42. The van der Waals surface area contributed by atoms with Crippen molar-refractivity contribution in [3.05, 3.63) is 48.3 Å². The van der Waals surface area contributed by atoms with Gasteiger partial charge >= 0.3 is 11.9 Å². The van der Waals surface area contributed by atoms with Gasteiger partial charge in [0.1, 0.15) is 5.75 Å². The summed E-state index contributed by atoms with van der Waals surface area (Å²) in [5, 5.41) is 29.8. The Morgan fingerprint density at radius 3 is 2.84 bits per heavy atom. The van der Waals surface area contributed by atoms with Gasteiger partial charge in [-0.05, 0) is 55.9 Å². The number of carbonyl (C=O) groups is 2. The topological polar surface area (TPSA) is 127 Å². The van der Waals surface area contributed by atoms with E-state index in [1.807, 2.05) is 0 Å². The van der Waals surface area contributed by atoms with Crippen LogP contribution in [0.25, 0.3) is 0 Å². The summed E-state index contributed by atoms with van der Waals surface area (Å²) in [6.45, 7) is 1.68. The number of carbonyl (C=O) groups excluding carboxylic acids is 1. The molecule has 1 saturated carbocycles. The molecule has 0 spiro atoms. The smallest absolute Gasteiger partial charge is 0.306 e. The maximum absolute atomic E-state index is 12.7. The summed E-state index contributed by atoms with van der Waals surface area (Å²) in [7, 11) is 0. The van der Waals surface area contributed by atoms with Crippen LogP contribution >= 0.6 is 0 Å². The molecule has 1 aliphatic carbocycles. The predicted octanol–water partition coefficient (Wildman–Crippen LogP) is 3.34. The van der Waals surface area contributed by atoms with Crippen molar-refractivity contribution in [2.24, 2.45) is 16.1 Å². The van der Waals surface area contributed by atoms with E-state index in [4.69, 9.17) is 0 Å². The van der Waals surface area contributed by atoms with Crippen LogP contribution in [0.3, 0.4) is 0 Å². The Hall–Kier alpha value is -3.75. The van der Waals surface area contributed by atoms with E-state index in [-0.39, 0.29) is 17.4 Å². The number of nitrogens with one attached hydrogen (secondary N) is 1. The Balaban J connectivity index is 1.53. The number of amides is 1. The minimum Gasteiger partial charge on any atom is -0.505 e. The number of phenolic OH excluding ortho intramolecular Hbond substituents is 1.